The van der Waals surface area contributed by atoms with Gasteiger partial charge in [0.2, 0.25) is 0 Å². The third kappa shape index (κ3) is 14.2. The summed E-state index contributed by atoms with van der Waals surface area (Å²) in [5.41, 5.74) is 5.48. The van der Waals surface area contributed by atoms with Crippen molar-refractivity contribution >= 4 is 33.5 Å². The molecule has 0 rings (SSSR count). The molecule has 0 aliphatic rings. The molecule has 0 bridgehead atoms. The number of carbonyl (C=O) groups is 2. The molecule has 0 aliphatic heterocycles. The predicted octanol–water partition coefficient (Wildman–Crippen LogP) is 4.02. The van der Waals surface area contributed by atoms with Crippen LogP contribution in [0.5, 0.6) is 0 Å². The molecule has 0 aromatic heterocycles. The highest BCUT2D eigenvalue weighted by atomic mass is 33.1. The third-order valence-electron chi connectivity index (χ3n) is 3.95. The fourth-order valence-electron chi connectivity index (χ4n) is 3.23. The highest BCUT2D eigenvalue weighted by Crippen LogP contribution is 2.30. The summed E-state index contributed by atoms with van der Waals surface area (Å²) in [4.78, 5) is 24.6. The van der Waals surface area contributed by atoms with Crippen molar-refractivity contribution in [3.8, 4) is 0 Å². The second-order valence-electron chi connectivity index (χ2n) is 9.81. The van der Waals surface area contributed by atoms with Crippen molar-refractivity contribution in [2.24, 2.45) is 17.1 Å². The molecule has 29 heavy (non-hydrogen) atoms. The maximum Gasteiger partial charge on any atom is 0.324 e. The number of rotatable bonds is 13. The van der Waals surface area contributed by atoms with E-state index in [0.717, 1.165) is 12.8 Å². The summed E-state index contributed by atoms with van der Waals surface area (Å²) in [5.74, 6) is 0.780. The summed E-state index contributed by atoms with van der Waals surface area (Å²) in [7, 11) is 4.70. The lowest BCUT2D eigenvalue weighted by Crippen LogP contribution is -2.43. The second-order valence-corrected chi connectivity index (χ2v) is 12.4. The highest BCUT2D eigenvalue weighted by Gasteiger charge is 2.31. The van der Waals surface area contributed by atoms with Crippen molar-refractivity contribution in [1.82, 2.24) is 5.32 Å². The average Bonchev–Trinajstić information content (AvgIpc) is 2.50. The Hall–Kier alpha value is -0.440. The van der Waals surface area contributed by atoms with Gasteiger partial charge in [-0.3, -0.25) is 9.59 Å². The van der Waals surface area contributed by atoms with Crippen molar-refractivity contribution in [2.45, 2.75) is 92.0 Å². The lowest BCUT2D eigenvalue weighted by atomic mass is 9.83. The molecule has 8 heteroatoms. The minimum Gasteiger partial charge on any atom is -0.461 e. The molecule has 0 heterocycles. The first-order chi connectivity index (χ1) is 13.2. The summed E-state index contributed by atoms with van der Waals surface area (Å²) in [6.45, 7) is 16.3. The zero-order valence-corrected chi connectivity index (χ0v) is 21.3. The number of nitrogens with one attached hydrogen (secondary N) is 1. The van der Waals surface area contributed by atoms with Crippen LogP contribution in [0.25, 0.3) is 0 Å². The van der Waals surface area contributed by atoms with Gasteiger partial charge in [0, 0.05) is 11.5 Å². The number of esters is 2. The van der Waals surface area contributed by atoms with Crippen molar-refractivity contribution in [3.63, 3.8) is 0 Å². The van der Waals surface area contributed by atoms with Crippen LogP contribution in [0.4, 0.5) is 0 Å². The number of carbonyl (C=O) groups excluding carboxylic acids is 2. The van der Waals surface area contributed by atoms with Gasteiger partial charge < -0.3 is 20.5 Å². The van der Waals surface area contributed by atoms with Crippen molar-refractivity contribution < 1.29 is 19.1 Å². The molecule has 3 atom stereocenters. The molecule has 0 spiro atoms. The second kappa shape index (κ2) is 13.1. The molecular formula is C21H42N2O4S2. The Labute approximate surface area is 185 Å². The van der Waals surface area contributed by atoms with Crippen molar-refractivity contribution in [1.29, 1.82) is 0 Å². The number of nitrogens with two attached hydrogens (primary N) is 1. The van der Waals surface area contributed by atoms with E-state index in [-0.39, 0.29) is 23.5 Å². The van der Waals surface area contributed by atoms with Crippen LogP contribution in [0.3, 0.4) is 0 Å². The van der Waals surface area contributed by atoms with Gasteiger partial charge in [-0.15, -0.1) is 0 Å². The fourth-order valence-corrected chi connectivity index (χ4v) is 5.57. The fraction of sp³-hybridized carbons (Fsp3) is 0.905. The lowest BCUT2D eigenvalue weighted by molar-refractivity contribution is -0.160. The topological polar surface area (TPSA) is 90.6 Å². The first-order valence-corrected chi connectivity index (χ1v) is 12.8. The molecule has 6 nitrogen and oxygen atoms in total. The van der Waals surface area contributed by atoms with Gasteiger partial charge in [-0.05, 0) is 52.0 Å². The Morgan fingerprint density at radius 1 is 1.00 bits per heavy atom. The Bertz CT molecular complexity index is 507. The van der Waals surface area contributed by atoms with E-state index in [4.69, 9.17) is 15.2 Å². The highest BCUT2D eigenvalue weighted by molar-refractivity contribution is 8.76. The van der Waals surface area contributed by atoms with Gasteiger partial charge in [0.15, 0.2) is 0 Å². The van der Waals surface area contributed by atoms with E-state index < -0.39 is 17.7 Å². The molecule has 0 radical (unpaired) electrons. The smallest absolute Gasteiger partial charge is 0.324 e. The Balaban J connectivity index is 4.34. The van der Waals surface area contributed by atoms with E-state index in [0.29, 0.717) is 17.4 Å². The minimum atomic E-state index is -0.673. The monoisotopic (exact) mass is 450 g/mol. The van der Waals surface area contributed by atoms with Crippen LogP contribution in [-0.4, -0.2) is 54.3 Å². The summed E-state index contributed by atoms with van der Waals surface area (Å²) in [6, 6.07) is -1.09. The maximum atomic E-state index is 12.5. The average molecular weight is 451 g/mol. The van der Waals surface area contributed by atoms with Gasteiger partial charge in [0.1, 0.15) is 17.7 Å². The number of hydrogen-bond donors (Lipinski definition) is 2. The molecule has 0 aromatic carbocycles. The molecule has 3 unspecified atom stereocenters. The molecule has 0 amide bonds. The molecular weight excluding hydrogens is 408 g/mol. The van der Waals surface area contributed by atoms with Crippen LogP contribution in [0, 0.1) is 11.3 Å². The maximum absolute atomic E-state index is 12.5. The summed E-state index contributed by atoms with van der Waals surface area (Å²) in [5, 5.41) is 3.01. The molecule has 0 aromatic rings. The zero-order chi connectivity index (χ0) is 22.8. The Morgan fingerprint density at radius 2 is 1.55 bits per heavy atom. The van der Waals surface area contributed by atoms with E-state index in [9.17, 15) is 9.59 Å². The largest absolute Gasteiger partial charge is 0.461 e. The number of ether oxygens (including phenoxy) is 2. The van der Waals surface area contributed by atoms with Gasteiger partial charge in [-0.25, -0.2) is 0 Å². The molecule has 0 aliphatic carbocycles. The summed E-state index contributed by atoms with van der Waals surface area (Å²) in [6.07, 6.45) is 1.46. The van der Waals surface area contributed by atoms with E-state index >= 15 is 0 Å². The van der Waals surface area contributed by atoms with Crippen molar-refractivity contribution in [3.05, 3.63) is 0 Å². The zero-order valence-electron chi connectivity index (χ0n) is 19.7. The van der Waals surface area contributed by atoms with E-state index in [2.05, 4.69) is 39.9 Å². The molecule has 0 saturated carbocycles. The van der Waals surface area contributed by atoms with Gasteiger partial charge in [-0.2, -0.15) is 0 Å². The third-order valence-corrected chi connectivity index (χ3v) is 6.40. The van der Waals surface area contributed by atoms with E-state index in [1.165, 1.54) is 21.6 Å². The Morgan fingerprint density at radius 3 is 2.03 bits per heavy atom. The molecule has 0 saturated heterocycles. The van der Waals surface area contributed by atoms with Gasteiger partial charge >= 0.3 is 11.9 Å². The van der Waals surface area contributed by atoms with Gasteiger partial charge in [0.25, 0.3) is 0 Å². The normalized spacial score (nSPS) is 15.7. The van der Waals surface area contributed by atoms with E-state index in [1.807, 2.05) is 20.8 Å². The van der Waals surface area contributed by atoms with Crippen LogP contribution in [0.15, 0.2) is 0 Å². The molecule has 0 fully saturated rings. The van der Waals surface area contributed by atoms with Crippen LogP contribution in [0.1, 0.15) is 68.2 Å². The first-order valence-electron chi connectivity index (χ1n) is 10.3. The minimum absolute atomic E-state index is 0.0704. The van der Waals surface area contributed by atoms with E-state index in [1.54, 1.807) is 7.05 Å². The first kappa shape index (κ1) is 28.6. The van der Waals surface area contributed by atoms with Crippen molar-refractivity contribution in [2.75, 3.05) is 18.6 Å². The predicted molar refractivity (Wildman–Crippen MR) is 125 cm³/mol. The van der Waals surface area contributed by atoms with Crippen LogP contribution < -0.4 is 11.1 Å². The van der Waals surface area contributed by atoms with Crippen LogP contribution in [0.2, 0.25) is 0 Å². The number of likely N-dealkylation sites (N-methyl/N-ethyl adjacent to an activating group) is 1. The quantitative estimate of drug-likeness (QED) is 0.247. The summed E-state index contributed by atoms with van der Waals surface area (Å²) < 4.78 is 11.1. The lowest BCUT2D eigenvalue weighted by Gasteiger charge is -2.33. The molecule has 172 valence electrons. The Kier molecular flexibility index (Phi) is 12.9. The SMILES string of the molecule is CNC(CSSCC(N)C(=O)OC(C)CC(C)C)C(=O)OC(C)(C)CC(C)(C)C. The van der Waals surface area contributed by atoms with Gasteiger partial charge in [0.05, 0.1) is 6.10 Å². The van der Waals surface area contributed by atoms with Gasteiger partial charge in [-0.1, -0.05) is 56.2 Å². The molecule has 3 N–H and O–H groups in total. The number of hydrogen-bond acceptors (Lipinski definition) is 8. The standard InChI is InChI=1S/C21H42N2O4S2/c1-14(2)10-15(3)26-18(24)16(22)11-28-29-12-17(23-9)19(25)27-21(7,8)13-20(4,5)6/h14-17,23H,10-13,22H2,1-9H3. The van der Waals surface area contributed by atoms with Crippen LogP contribution >= 0.6 is 21.6 Å². The summed E-state index contributed by atoms with van der Waals surface area (Å²) >= 11 is 0. The van der Waals surface area contributed by atoms with Crippen LogP contribution in [-0.2, 0) is 19.1 Å².